The van der Waals surface area contributed by atoms with Gasteiger partial charge >= 0.3 is 6.18 Å². The van der Waals surface area contributed by atoms with Gasteiger partial charge in [0.15, 0.2) is 5.82 Å². The van der Waals surface area contributed by atoms with Crippen molar-refractivity contribution in [2.75, 3.05) is 38.2 Å². The summed E-state index contributed by atoms with van der Waals surface area (Å²) in [5, 5.41) is 16.4. The molecule has 0 amide bonds. The second-order valence-corrected chi connectivity index (χ2v) is 10.3. The average Bonchev–Trinajstić information content (AvgIpc) is 3.57. The lowest BCUT2D eigenvalue weighted by Crippen LogP contribution is -2.30. The van der Waals surface area contributed by atoms with Gasteiger partial charge in [-0.1, -0.05) is 6.07 Å². The Morgan fingerprint density at radius 3 is 2.63 bits per heavy atom. The number of halogens is 3. The number of benzene rings is 1. The smallest absolute Gasteiger partial charge is 0.381 e. The van der Waals surface area contributed by atoms with Crippen LogP contribution >= 0.6 is 0 Å². The van der Waals surface area contributed by atoms with E-state index >= 15 is 0 Å². The van der Waals surface area contributed by atoms with Crippen LogP contribution in [0.1, 0.15) is 24.8 Å². The number of hydrogen-bond acceptors (Lipinski definition) is 6. The molecule has 7 nitrogen and oxygen atoms in total. The number of nitrogens with zero attached hydrogens (tertiary/aromatic N) is 5. The molecule has 2 aliphatic heterocycles. The highest BCUT2D eigenvalue weighted by Crippen LogP contribution is 2.42. The third-order valence-corrected chi connectivity index (χ3v) is 7.72. The van der Waals surface area contributed by atoms with Crippen molar-refractivity contribution in [3.63, 3.8) is 0 Å². The van der Waals surface area contributed by atoms with Crippen molar-refractivity contribution in [2.45, 2.75) is 31.5 Å². The van der Waals surface area contributed by atoms with E-state index in [0.717, 1.165) is 69.1 Å². The summed E-state index contributed by atoms with van der Waals surface area (Å²) in [5.74, 6) is 1.48. The first kappa shape index (κ1) is 22.7. The molecule has 186 valence electrons. The van der Waals surface area contributed by atoms with Crippen LogP contribution in [0.15, 0.2) is 30.5 Å². The van der Waals surface area contributed by atoms with E-state index in [1.165, 1.54) is 0 Å². The largest absolute Gasteiger partial charge is 0.420 e. The van der Waals surface area contributed by atoms with Gasteiger partial charge < -0.3 is 15.0 Å². The van der Waals surface area contributed by atoms with E-state index in [4.69, 9.17) is 4.74 Å². The van der Waals surface area contributed by atoms with Gasteiger partial charge in [-0.15, -0.1) is 10.2 Å². The third kappa shape index (κ3) is 4.61. The van der Waals surface area contributed by atoms with E-state index in [0.29, 0.717) is 23.3 Å². The van der Waals surface area contributed by atoms with Crippen molar-refractivity contribution in [2.24, 2.45) is 24.8 Å². The Hall–Kier alpha value is -2.72. The van der Waals surface area contributed by atoms with Crippen molar-refractivity contribution in [3.8, 4) is 11.3 Å². The monoisotopic (exact) mass is 486 g/mol. The minimum Gasteiger partial charge on any atom is -0.381 e. The Balaban J connectivity index is 1.17. The Morgan fingerprint density at radius 1 is 1.11 bits per heavy atom. The fraction of sp³-hybridized carbons (Fsp3) is 0.560. The fourth-order valence-corrected chi connectivity index (χ4v) is 6.11. The van der Waals surface area contributed by atoms with E-state index in [1.807, 2.05) is 6.20 Å². The number of hydrogen-bond donors (Lipinski definition) is 1. The summed E-state index contributed by atoms with van der Waals surface area (Å²) in [6.45, 7) is 4.82. The SMILES string of the molecule is Cn1cc2cc(-c3cc(C(F)(F)F)c(N[C@H]4C[C@@H]5CN(C[C@@H]6CCOC6)C[C@@H]5C4)nn3)ccc2n1. The predicted octanol–water partition coefficient (Wildman–Crippen LogP) is 4.21. The normalized spacial score (nSPS) is 27.1. The first-order valence-electron chi connectivity index (χ1n) is 12.3. The summed E-state index contributed by atoms with van der Waals surface area (Å²) >= 11 is 0. The van der Waals surface area contributed by atoms with Crippen LogP contribution < -0.4 is 5.32 Å². The van der Waals surface area contributed by atoms with Gasteiger partial charge in [0.25, 0.3) is 0 Å². The quantitative estimate of drug-likeness (QED) is 0.583. The zero-order valence-electron chi connectivity index (χ0n) is 19.6. The number of anilines is 1. The number of aryl methyl sites for hydroxylation is 1. The van der Waals surface area contributed by atoms with Crippen molar-refractivity contribution < 1.29 is 17.9 Å². The number of fused-ring (bicyclic) bond motifs is 2. The van der Waals surface area contributed by atoms with Gasteiger partial charge in [-0.05, 0) is 55.2 Å². The minimum absolute atomic E-state index is 0.0186. The minimum atomic E-state index is -4.53. The molecule has 10 heteroatoms. The van der Waals surface area contributed by atoms with Crippen LogP contribution in [-0.4, -0.2) is 63.8 Å². The third-order valence-electron chi connectivity index (χ3n) is 7.72. The molecule has 0 spiro atoms. The van der Waals surface area contributed by atoms with Crippen LogP contribution in [0.2, 0.25) is 0 Å². The van der Waals surface area contributed by atoms with Crippen molar-refractivity contribution in [1.29, 1.82) is 0 Å². The van der Waals surface area contributed by atoms with Crippen LogP contribution in [0.3, 0.4) is 0 Å². The van der Waals surface area contributed by atoms with E-state index in [2.05, 4.69) is 25.5 Å². The molecule has 2 aromatic heterocycles. The molecule has 0 radical (unpaired) electrons. The highest BCUT2D eigenvalue weighted by atomic mass is 19.4. The molecular formula is C25H29F3N6O. The second kappa shape index (κ2) is 8.74. The number of ether oxygens (including phenoxy) is 1. The second-order valence-electron chi connectivity index (χ2n) is 10.3. The van der Waals surface area contributed by atoms with Crippen molar-refractivity contribution in [3.05, 3.63) is 36.0 Å². The van der Waals surface area contributed by atoms with Gasteiger partial charge in [0.05, 0.1) is 17.8 Å². The number of aromatic nitrogens is 4. The number of alkyl halides is 3. The molecule has 2 saturated heterocycles. The zero-order chi connectivity index (χ0) is 24.2. The average molecular weight is 487 g/mol. The maximum absolute atomic E-state index is 14.0. The highest BCUT2D eigenvalue weighted by molar-refractivity contribution is 5.83. The highest BCUT2D eigenvalue weighted by Gasteiger charge is 2.43. The van der Waals surface area contributed by atoms with Crippen LogP contribution in [0.4, 0.5) is 19.0 Å². The number of rotatable bonds is 5. The first-order valence-corrected chi connectivity index (χ1v) is 12.3. The van der Waals surface area contributed by atoms with E-state index in [1.54, 1.807) is 29.9 Å². The molecule has 1 N–H and O–H groups in total. The van der Waals surface area contributed by atoms with Crippen molar-refractivity contribution >= 4 is 16.7 Å². The molecule has 3 fully saturated rings. The van der Waals surface area contributed by atoms with Gasteiger partial charge in [-0.25, -0.2) is 0 Å². The lowest BCUT2D eigenvalue weighted by Gasteiger charge is -2.23. The molecule has 0 unspecified atom stereocenters. The molecule has 4 atom stereocenters. The van der Waals surface area contributed by atoms with Crippen LogP contribution in [0.25, 0.3) is 22.2 Å². The van der Waals surface area contributed by atoms with Crippen LogP contribution in [-0.2, 0) is 18.0 Å². The summed E-state index contributed by atoms with van der Waals surface area (Å²) in [6.07, 6.45) is 0.148. The topological polar surface area (TPSA) is 68.1 Å². The molecule has 1 aromatic carbocycles. The van der Waals surface area contributed by atoms with Gasteiger partial charge in [0.1, 0.15) is 5.56 Å². The first-order chi connectivity index (χ1) is 16.8. The maximum atomic E-state index is 14.0. The predicted molar refractivity (Wildman–Crippen MR) is 126 cm³/mol. The molecule has 4 heterocycles. The summed E-state index contributed by atoms with van der Waals surface area (Å²) in [5.41, 5.74) is 0.788. The molecule has 0 bridgehead atoms. The lowest BCUT2D eigenvalue weighted by molar-refractivity contribution is -0.137. The Labute approximate surface area is 201 Å². The zero-order valence-corrected chi connectivity index (χ0v) is 19.6. The van der Waals surface area contributed by atoms with Crippen LogP contribution in [0, 0.1) is 17.8 Å². The van der Waals surface area contributed by atoms with Gasteiger partial charge in [-0.2, -0.15) is 18.3 Å². The maximum Gasteiger partial charge on any atom is 0.420 e. The summed E-state index contributed by atoms with van der Waals surface area (Å²) in [6, 6.07) is 6.39. The molecule has 1 aliphatic carbocycles. The van der Waals surface area contributed by atoms with Gasteiger partial charge in [0, 0.05) is 56.5 Å². The van der Waals surface area contributed by atoms with E-state index < -0.39 is 11.7 Å². The molecular weight excluding hydrogens is 457 g/mol. The summed E-state index contributed by atoms with van der Waals surface area (Å²) in [4.78, 5) is 2.51. The molecule has 3 aromatic rings. The Bertz CT molecular complexity index is 1210. The van der Waals surface area contributed by atoms with E-state index in [-0.39, 0.29) is 17.6 Å². The molecule has 35 heavy (non-hydrogen) atoms. The van der Waals surface area contributed by atoms with Gasteiger partial charge in [-0.3, -0.25) is 4.68 Å². The summed E-state index contributed by atoms with van der Waals surface area (Å²) in [7, 11) is 1.81. The van der Waals surface area contributed by atoms with Crippen molar-refractivity contribution in [1.82, 2.24) is 24.9 Å². The Kier molecular flexibility index (Phi) is 5.68. The molecule has 3 aliphatic rings. The lowest BCUT2D eigenvalue weighted by atomic mass is 10.0. The molecule has 6 rings (SSSR count). The Morgan fingerprint density at radius 2 is 1.91 bits per heavy atom. The fourth-order valence-electron chi connectivity index (χ4n) is 6.11. The molecule has 1 saturated carbocycles. The standard InChI is InChI=1S/C25H29F3N6O/c1-33-11-19-6-16(2-3-22(19)32-33)23-9-21(25(26,27)28)24(31-30-23)29-20-7-17-12-34(13-18(17)8-20)10-15-4-5-35-14-15/h2-3,6,9,11,15,17-18,20H,4-5,7-8,10,12-14H2,1H3,(H,29,31)/t15-,17-,18+,20+/m0/s1. The van der Waals surface area contributed by atoms with E-state index in [9.17, 15) is 13.2 Å². The number of nitrogens with one attached hydrogen (secondary N) is 1. The van der Waals surface area contributed by atoms with Crippen LogP contribution in [0.5, 0.6) is 0 Å². The number of likely N-dealkylation sites (tertiary alicyclic amines) is 1. The van der Waals surface area contributed by atoms with Gasteiger partial charge in [0.2, 0.25) is 0 Å². The summed E-state index contributed by atoms with van der Waals surface area (Å²) < 4.78 is 49.2.